The predicted octanol–water partition coefficient (Wildman–Crippen LogP) is 5.70. The Bertz CT molecular complexity index is 1710. The Morgan fingerprint density at radius 2 is 1.89 bits per heavy atom. The molecule has 7 rings (SSSR count). The second-order valence-corrected chi connectivity index (χ2v) is 12.8. The number of nitrogens with one attached hydrogen (secondary N) is 1. The molecule has 4 atom stereocenters. The molecule has 0 aromatic heterocycles. The summed E-state index contributed by atoms with van der Waals surface area (Å²) in [5, 5.41) is 3.50. The number of halogens is 3. The van der Waals surface area contributed by atoms with Gasteiger partial charge in [0.15, 0.2) is 0 Å². The molecule has 1 spiro atoms. The number of fused-ring (bicyclic) bond motifs is 2. The van der Waals surface area contributed by atoms with Crippen molar-refractivity contribution in [2.24, 2.45) is 11.8 Å². The van der Waals surface area contributed by atoms with Gasteiger partial charge in [-0.05, 0) is 60.2 Å². The molecule has 3 fully saturated rings. The number of hydrogen-bond acceptors (Lipinski definition) is 6. The highest BCUT2D eigenvalue weighted by molar-refractivity contribution is 6.31. The van der Waals surface area contributed by atoms with Crippen LogP contribution in [0.5, 0.6) is 5.75 Å². The Morgan fingerprint density at radius 3 is 2.61 bits per heavy atom. The van der Waals surface area contributed by atoms with Crippen LogP contribution < -0.4 is 15.0 Å². The van der Waals surface area contributed by atoms with E-state index in [1.54, 1.807) is 47.4 Å². The van der Waals surface area contributed by atoms with Crippen LogP contribution in [0.15, 0.2) is 54.6 Å². The molecule has 8 nitrogen and oxygen atoms in total. The van der Waals surface area contributed by atoms with Gasteiger partial charge >= 0.3 is 5.97 Å². The molecule has 2 saturated heterocycles. The molecule has 228 valence electrons. The molecule has 0 radical (unpaired) electrons. The number of ether oxygens (including phenoxy) is 2. The molecule has 3 aromatic carbocycles. The van der Waals surface area contributed by atoms with Gasteiger partial charge in [-0.2, -0.15) is 0 Å². The first-order chi connectivity index (χ1) is 21.2. The lowest BCUT2D eigenvalue weighted by Gasteiger charge is -2.46. The molecule has 1 N–H and O–H groups in total. The van der Waals surface area contributed by atoms with Crippen molar-refractivity contribution in [1.29, 1.82) is 0 Å². The summed E-state index contributed by atoms with van der Waals surface area (Å²) in [5.41, 5.74) is 1.26. The maximum atomic E-state index is 16.0. The van der Waals surface area contributed by atoms with Crippen LogP contribution in [0.25, 0.3) is 0 Å². The molecule has 2 amide bonds. The van der Waals surface area contributed by atoms with Crippen LogP contribution in [-0.4, -0.2) is 61.6 Å². The van der Waals surface area contributed by atoms with E-state index in [4.69, 9.17) is 32.7 Å². The number of nitrogens with zero attached hydrogens (tertiary/aromatic N) is 2. The van der Waals surface area contributed by atoms with E-state index >= 15 is 4.39 Å². The molecular weight excluding hydrogens is 608 g/mol. The Labute approximate surface area is 264 Å². The molecule has 3 aliphatic heterocycles. The zero-order valence-electron chi connectivity index (χ0n) is 24.1. The number of carbonyl (C=O) groups excluding carboxylic acids is 3. The number of anilines is 2. The lowest BCUT2D eigenvalue weighted by Crippen LogP contribution is -2.62. The van der Waals surface area contributed by atoms with Crippen LogP contribution in [0, 0.1) is 17.7 Å². The van der Waals surface area contributed by atoms with Gasteiger partial charge in [0.2, 0.25) is 11.8 Å². The van der Waals surface area contributed by atoms with E-state index in [1.165, 1.54) is 20.3 Å². The third kappa shape index (κ3) is 4.39. The van der Waals surface area contributed by atoms with E-state index in [2.05, 4.69) is 10.2 Å². The zero-order valence-corrected chi connectivity index (χ0v) is 25.6. The summed E-state index contributed by atoms with van der Waals surface area (Å²) in [6, 6.07) is 14.6. The normalized spacial score (nSPS) is 26.0. The molecule has 11 heteroatoms. The van der Waals surface area contributed by atoms with E-state index in [-0.39, 0.29) is 46.7 Å². The van der Waals surface area contributed by atoms with Crippen molar-refractivity contribution in [3.63, 3.8) is 0 Å². The van der Waals surface area contributed by atoms with E-state index in [9.17, 15) is 14.4 Å². The number of esters is 1. The first-order valence-electron chi connectivity index (χ1n) is 14.6. The average molecular weight is 639 g/mol. The van der Waals surface area contributed by atoms with Gasteiger partial charge in [0.1, 0.15) is 22.7 Å². The number of hydrogen-bond donors (Lipinski definition) is 1. The second-order valence-electron chi connectivity index (χ2n) is 12.0. The zero-order chi connectivity index (χ0) is 30.9. The fraction of sp³-hybridized carbons (Fsp3) is 0.364. The van der Waals surface area contributed by atoms with Gasteiger partial charge < -0.3 is 19.7 Å². The Morgan fingerprint density at radius 1 is 1.09 bits per heavy atom. The van der Waals surface area contributed by atoms with Crippen molar-refractivity contribution in [2.75, 3.05) is 37.5 Å². The Hall–Kier alpha value is -3.66. The minimum Gasteiger partial charge on any atom is -0.496 e. The van der Waals surface area contributed by atoms with Gasteiger partial charge in [-0.15, -0.1) is 0 Å². The third-order valence-electron chi connectivity index (χ3n) is 9.67. The van der Waals surface area contributed by atoms with E-state index in [0.29, 0.717) is 28.9 Å². The lowest BCUT2D eigenvalue weighted by molar-refractivity contribution is -0.129. The minimum absolute atomic E-state index is 0.0660. The lowest BCUT2D eigenvalue weighted by atomic mass is 9.69. The third-order valence-corrected chi connectivity index (χ3v) is 10.2. The van der Waals surface area contributed by atoms with Crippen molar-refractivity contribution in [3.8, 4) is 5.75 Å². The topological polar surface area (TPSA) is 88.2 Å². The van der Waals surface area contributed by atoms with Crippen LogP contribution >= 0.6 is 23.2 Å². The van der Waals surface area contributed by atoms with Crippen LogP contribution in [-0.2, 0) is 20.7 Å². The number of likely N-dealkylation sites (tertiary alicyclic amines) is 1. The Balaban J connectivity index is 1.38. The highest BCUT2D eigenvalue weighted by Crippen LogP contribution is 2.58. The summed E-state index contributed by atoms with van der Waals surface area (Å²) in [4.78, 5) is 45.1. The SMILES string of the molecule is COC(=O)c1ccc(N2C[C@H]3[C@@H](C2=O)[C@H](c2cccc(Cl)c2F)[C@@]2(Cc4ccc(Cl)cc4NC2=O)N3CC2CC2)cc1OC. The first kappa shape index (κ1) is 29.1. The summed E-state index contributed by atoms with van der Waals surface area (Å²) in [6.07, 6.45) is 2.34. The van der Waals surface area contributed by atoms with E-state index in [0.717, 1.165) is 18.4 Å². The molecule has 3 aromatic rings. The fourth-order valence-corrected chi connectivity index (χ4v) is 7.87. The maximum Gasteiger partial charge on any atom is 0.341 e. The molecule has 4 aliphatic rings. The largest absolute Gasteiger partial charge is 0.496 e. The fourth-order valence-electron chi connectivity index (χ4n) is 7.51. The monoisotopic (exact) mass is 637 g/mol. The molecule has 3 heterocycles. The van der Waals surface area contributed by atoms with Crippen molar-refractivity contribution in [3.05, 3.63) is 87.2 Å². The van der Waals surface area contributed by atoms with Crippen molar-refractivity contribution < 1.29 is 28.2 Å². The number of amides is 2. The van der Waals surface area contributed by atoms with Crippen molar-refractivity contribution >= 4 is 52.4 Å². The van der Waals surface area contributed by atoms with Gasteiger partial charge in [-0.1, -0.05) is 41.4 Å². The minimum atomic E-state index is -1.24. The van der Waals surface area contributed by atoms with Gasteiger partial charge in [-0.3, -0.25) is 14.5 Å². The molecular formula is C33H30Cl2FN3O5. The number of rotatable bonds is 6. The van der Waals surface area contributed by atoms with Crippen LogP contribution in [0.1, 0.15) is 40.2 Å². The summed E-state index contributed by atoms with van der Waals surface area (Å²) in [6.45, 7) is 0.875. The average Bonchev–Trinajstić information content (AvgIpc) is 3.73. The highest BCUT2D eigenvalue weighted by atomic mass is 35.5. The van der Waals surface area contributed by atoms with E-state index in [1.807, 2.05) is 6.07 Å². The molecule has 1 saturated carbocycles. The first-order valence-corrected chi connectivity index (χ1v) is 15.3. The van der Waals surface area contributed by atoms with E-state index < -0.39 is 35.2 Å². The van der Waals surface area contributed by atoms with Crippen LogP contribution in [0.3, 0.4) is 0 Å². The summed E-state index contributed by atoms with van der Waals surface area (Å²) >= 11 is 12.6. The standard InChI is InChI=1S/C33H30Cl2FN3O5/c1-43-26-13-20(10-11-21(26)31(41)44-2)38-16-25-27(30(38)40)28(22-4-3-5-23(35)29(22)36)33(39(25)15-17-6-7-17)14-18-8-9-19(34)12-24(18)37-32(33)42/h3-5,8-13,17,25,27-28H,6-7,14-16H2,1-2H3,(H,37,42)/t25-,27+,28-,33+/m0/s1. The van der Waals surface area contributed by atoms with Gasteiger partial charge in [-0.25, -0.2) is 9.18 Å². The second kappa shape index (κ2) is 10.8. The van der Waals surface area contributed by atoms with Crippen molar-refractivity contribution in [1.82, 2.24) is 4.90 Å². The van der Waals surface area contributed by atoms with Gasteiger partial charge in [0, 0.05) is 53.9 Å². The number of carbonyl (C=O) groups is 3. The summed E-state index contributed by atoms with van der Waals surface area (Å²) in [5.74, 6) is -2.64. The molecule has 0 bridgehead atoms. The maximum absolute atomic E-state index is 16.0. The quantitative estimate of drug-likeness (QED) is 0.349. The number of methoxy groups -OCH3 is 2. The smallest absolute Gasteiger partial charge is 0.341 e. The molecule has 1 aliphatic carbocycles. The van der Waals surface area contributed by atoms with Gasteiger partial charge in [0.05, 0.1) is 25.2 Å². The molecule has 44 heavy (non-hydrogen) atoms. The number of benzene rings is 3. The van der Waals surface area contributed by atoms with Gasteiger partial charge in [0.25, 0.3) is 0 Å². The summed E-state index contributed by atoms with van der Waals surface area (Å²) < 4.78 is 26.4. The Kier molecular flexibility index (Phi) is 7.10. The highest BCUT2D eigenvalue weighted by Gasteiger charge is 2.69. The predicted molar refractivity (Wildman–Crippen MR) is 164 cm³/mol. The van der Waals surface area contributed by atoms with Crippen LogP contribution in [0.4, 0.5) is 15.8 Å². The molecule has 0 unspecified atom stereocenters. The summed E-state index contributed by atoms with van der Waals surface area (Å²) in [7, 11) is 2.73. The van der Waals surface area contributed by atoms with Crippen LogP contribution in [0.2, 0.25) is 10.0 Å². The van der Waals surface area contributed by atoms with Crippen molar-refractivity contribution in [2.45, 2.75) is 36.8 Å².